The molecule has 3 aromatic heterocycles. The number of pyridine rings is 1. The average molecular weight is 324 g/mol. The van der Waals surface area contributed by atoms with Crippen LogP contribution in [0.2, 0.25) is 0 Å². The van der Waals surface area contributed by atoms with Crippen molar-refractivity contribution in [2.45, 2.75) is 25.8 Å². The zero-order valence-electron chi connectivity index (χ0n) is 13.7. The molecule has 8 heteroatoms. The molecule has 1 aliphatic rings. The molecule has 0 unspecified atom stereocenters. The van der Waals surface area contributed by atoms with Gasteiger partial charge in [0.15, 0.2) is 11.5 Å². The Kier molecular flexibility index (Phi) is 3.34. The molecule has 0 aliphatic carbocycles. The van der Waals surface area contributed by atoms with Crippen LogP contribution in [0.25, 0.3) is 11.0 Å². The summed E-state index contributed by atoms with van der Waals surface area (Å²) in [4.78, 5) is 15.8. The van der Waals surface area contributed by atoms with E-state index in [1.165, 1.54) is 0 Å². The summed E-state index contributed by atoms with van der Waals surface area (Å²) in [5, 5.41) is 11.3. The second-order valence-electron chi connectivity index (χ2n) is 6.63. The molecule has 4 rings (SSSR count). The van der Waals surface area contributed by atoms with Crippen molar-refractivity contribution in [2.24, 2.45) is 5.73 Å². The van der Waals surface area contributed by atoms with Crippen molar-refractivity contribution in [3.63, 3.8) is 0 Å². The van der Waals surface area contributed by atoms with Gasteiger partial charge in [0.2, 0.25) is 5.95 Å². The SMILES string of the molecule is Cc1cc(Nc2nc(N3CC[C@@](C)(N)C3)nc3ncccc23)n[nH]1. The number of rotatable bonds is 3. The Hall–Kier alpha value is -2.74. The average Bonchev–Trinajstić information content (AvgIpc) is 3.12. The second kappa shape index (κ2) is 5.41. The number of hydrogen-bond donors (Lipinski definition) is 3. The standard InChI is InChI=1S/C16H20N8/c1-10-8-12(23-22-10)19-14-11-4-3-6-18-13(11)20-15(21-14)24-7-5-16(2,17)9-24/h3-4,6,8H,5,7,9,17H2,1-2H3,(H2,18,19,20,21,22,23)/t16-/m1/s1. The van der Waals surface area contributed by atoms with E-state index in [-0.39, 0.29) is 5.54 Å². The first-order valence-corrected chi connectivity index (χ1v) is 7.96. The Labute approximate surface area is 139 Å². The summed E-state index contributed by atoms with van der Waals surface area (Å²) in [7, 11) is 0. The smallest absolute Gasteiger partial charge is 0.229 e. The lowest BCUT2D eigenvalue weighted by Gasteiger charge is -2.20. The van der Waals surface area contributed by atoms with Gasteiger partial charge >= 0.3 is 0 Å². The number of aromatic amines is 1. The number of aromatic nitrogens is 5. The van der Waals surface area contributed by atoms with Gasteiger partial charge < -0.3 is 16.0 Å². The monoisotopic (exact) mass is 324 g/mol. The van der Waals surface area contributed by atoms with Gasteiger partial charge in [0.1, 0.15) is 5.82 Å². The summed E-state index contributed by atoms with van der Waals surface area (Å²) in [6.07, 6.45) is 2.65. The number of nitrogens with one attached hydrogen (secondary N) is 2. The largest absolute Gasteiger partial charge is 0.339 e. The molecule has 0 bridgehead atoms. The molecule has 4 N–H and O–H groups in total. The molecule has 1 fully saturated rings. The predicted octanol–water partition coefficient (Wildman–Crippen LogP) is 1.73. The normalized spacial score (nSPS) is 20.7. The van der Waals surface area contributed by atoms with Crippen molar-refractivity contribution in [2.75, 3.05) is 23.3 Å². The van der Waals surface area contributed by atoms with Crippen LogP contribution < -0.4 is 16.0 Å². The highest BCUT2D eigenvalue weighted by Crippen LogP contribution is 2.28. The molecule has 124 valence electrons. The Morgan fingerprint density at radius 3 is 2.96 bits per heavy atom. The van der Waals surface area contributed by atoms with Gasteiger partial charge in [0.05, 0.1) is 5.39 Å². The van der Waals surface area contributed by atoms with Gasteiger partial charge in [0, 0.05) is 36.6 Å². The predicted molar refractivity (Wildman–Crippen MR) is 93.4 cm³/mol. The van der Waals surface area contributed by atoms with Crippen LogP contribution in [-0.2, 0) is 0 Å². The number of H-pyrrole nitrogens is 1. The fourth-order valence-corrected chi connectivity index (χ4v) is 2.95. The first kappa shape index (κ1) is 14.8. The molecule has 3 aromatic rings. The maximum atomic E-state index is 6.24. The number of nitrogens with zero attached hydrogens (tertiary/aromatic N) is 5. The lowest BCUT2D eigenvalue weighted by Crippen LogP contribution is -2.39. The molecule has 0 radical (unpaired) electrons. The first-order chi connectivity index (χ1) is 11.5. The molecular weight excluding hydrogens is 304 g/mol. The summed E-state index contributed by atoms with van der Waals surface area (Å²) in [6, 6.07) is 5.75. The van der Waals surface area contributed by atoms with Crippen LogP contribution in [0, 0.1) is 6.92 Å². The van der Waals surface area contributed by atoms with Gasteiger partial charge in [-0.2, -0.15) is 15.1 Å². The van der Waals surface area contributed by atoms with E-state index in [2.05, 4.69) is 37.3 Å². The van der Waals surface area contributed by atoms with Crippen molar-refractivity contribution in [1.29, 1.82) is 0 Å². The zero-order chi connectivity index (χ0) is 16.7. The van der Waals surface area contributed by atoms with Gasteiger partial charge in [-0.05, 0) is 32.4 Å². The fraction of sp³-hybridized carbons (Fsp3) is 0.375. The highest BCUT2D eigenvalue weighted by Gasteiger charge is 2.31. The molecule has 4 heterocycles. The van der Waals surface area contributed by atoms with Crippen molar-refractivity contribution in [3.8, 4) is 0 Å². The van der Waals surface area contributed by atoms with Crippen LogP contribution in [-0.4, -0.2) is 43.8 Å². The molecule has 1 atom stereocenters. The van der Waals surface area contributed by atoms with Gasteiger partial charge in [-0.25, -0.2) is 4.98 Å². The van der Waals surface area contributed by atoms with Crippen LogP contribution in [0.5, 0.6) is 0 Å². The van der Waals surface area contributed by atoms with E-state index >= 15 is 0 Å². The van der Waals surface area contributed by atoms with Crippen LogP contribution in [0.15, 0.2) is 24.4 Å². The lowest BCUT2D eigenvalue weighted by atomic mass is 10.0. The molecule has 8 nitrogen and oxygen atoms in total. The highest BCUT2D eigenvalue weighted by molar-refractivity contribution is 5.89. The van der Waals surface area contributed by atoms with E-state index in [1.54, 1.807) is 6.20 Å². The number of nitrogens with two attached hydrogens (primary N) is 1. The number of aryl methyl sites for hydroxylation is 1. The maximum absolute atomic E-state index is 6.24. The van der Waals surface area contributed by atoms with Gasteiger partial charge in [-0.1, -0.05) is 0 Å². The minimum absolute atomic E-state index is 0.213. The summed E-state index contributed by atoms with van der Waals surface area (Å²) >= 11 is 0. The fourth-order valence-electron chi connectivity index (χ4n) is 2.95. The maximum Gasteiger partial charge on any atom is 0.229 e. The minimum Gasteiger partial charge on any atom is -0.339 e. The Balaban J connectivity index is 1.76. The molecule has 24 heavy (non-hydrogen) atoms. The van der Waals surface area contributed by atoms with E-state index < -0.39 is 0 Å². The third kappa shape index (κ3) is 2.76. The van der Waals surface area contributed by atoms with Crippen LogP contribution in [0.3, 0.4) is 0 Å². The number of hydrogen-bond acceptors (Lipinski definition) is 7. The minimum atomic E-state index is -0.213. The van der Waals surface area contributed by atoms with Gasteiger partial charge in [0.25, 0.3) is 0 Å². The van der Waals surface area contributed by atoms with Crippen molar-refractivity contribution in [3.05, 3.63) is 30.1 Å². The third-order valence-corrected chi connectivity index (χ3v) is 4.20. The Morgan fingerprint density at radius 2 is 2.25 bits per heavy atom. The molecule has 1 aliphatic heterocycles. The van der Waals surface area contributed by atoms with Crippen LogP contribution >= 0.6 is 0 Å². The summed E-state index contributed by atoms with van der Waals surface area (Å²) < 4.78 is 0. The van der Waals surface area contributed by atoms with Crippen LogP contribution in [0.1, 0.15) is 19.0 Å². The zero-order valence-corrected chi connectivity index (χ0v) is 13.7. The van der Waals surface area contributed by atoms with E-state index in [0.717, 1.165) is 30.6 Å². The quantitative estimate of drug-likeness (QED) is 0.673. The van der Waals surface area contributed by atoms with Crippen LogP contribution in [0.4, 0.5) is 17.6 Å². The molecule has 0 saturated carbocycles. The Morgan fingerprint density at radius 1 is 1.38 bits per heavy atom. The number of fused-ring (bicyclic) bond motifs is 1. The molecule has 0 amide bonds. The van der Waals surface area contributed by atoms with E-state index in [1.807, 2.05) is 25.1 Å². The van der Waals surface area contributed by atoms with Crippen molar-refractivity contribution in [1.82, 2.24) is 25.1 Å². The van der Waals surface area contributed by atoms with Crippen molar-refractivity contribution >= 4 is 28.6 Å². The number of anilines is 3. The topological polar surface area (TPSA) is 109 Å². The summed E-state index contributed by atoms with van der Waals surface area (Å²) in [5.74, 6) is 2.05. The summed E-state index contributed by atoms with van der Waals surface area (Å²) in [5.41, 5.74) is 7.66. The second-order valence-corrected chi connectivity index (χ2v) is 6.63. The van der Waals surface area contributed by atoms with E-state index in [0.29, 0.717) is 23.2 Å². The first-order valence-electron chi connectivity index (χ1n) is 7.96. The summed E-state index contributed by atoms with van der Waals surface area (Å²) in [6.45, 7) is 5.58. The van der Waals surface area contributed by atoms with E-state index in [4.69, 9.17) is 10.7 Å². The van der Waals surface area contributed by atoms with E-state index in [9.17, 15) is 0 Å². The van der Waals surface area contributed by atoms with Gasteiger partial charge in [-0.3, -0.25) is 5.10 Å². The molecule has 0 aromatic carbocycles. The molecule has 0 spiro atoms. The Bertz CT molecular complexity index is 885. The van der Waals surface area contributed by atoms with Gasteiger partial charge in [-0.15, -0.1) is 0 Å². The molecule has 1 saturated heterocycles. The highest BCUT2D eigenvalue weighted by atomic mass is 15.3. The third-order valence-electron chi connectivity index (χ3n) is 4.20. The van der Waals surface area contributed by atoms with Crippen molar-refractivity contribution < 1.29 is 0 Å². The molecular formula is C16H20N8. The lowest BCUT2D eigenvalue weighted by molar-refractivity contribution is 0.524.